The molecule has 17 heavy (non-hydrogen) atoms. The fourth-order valence-corrected chi connectivity index (χ4v) is 1.47. The van der Waals surface area contributed by atoms with E-state index in [1.165, 1.54) is 0 Å². The summed E-state index contributed by atoms with van der Waals surface area (Å²) in [4.78, 5) is 11.7. The Hall–Kier alpha value is -1.50. The largest absolute Gasteiger partial charge is 0.348 e. The molecule has 1 aromatic heterocycles. The first-order chi connectivity index (χ1) is 8.09. The number of tetrazole rings is 1. The van der Waals surface area contributed by atoms with Crippen LogP contribution in [0.25, 0.3) is 0 Å². The van der Waals surface area contributed by atoms with Crippen molar-refractivity contribution in [1.29, 1.82) is 0 Å². The molecule has 0 bridgehead atoms. The molecule has 0 saturated heterocycles. The molecule has 1 aromatic rings. The number of nitrogens with two attached hydrogens (primary N) is 1. The number of hydrogen-bond donors (Lipinski definition) is 3. The van der Waals surface area contributed by atoms with E-state index in [0.29, 0.717) is 12.4 Å². The standard InChI is InChI=1S/C10H20N6O/c1-7(4-3-5-8(2)11)10(17)12-6-9-13-15-16-14-9/h7-8H,3-6,11H2,1-2H3,(H,12,17)(H,13,14,15,16). The van der Waals surface area contributed by atoms with Crippen molar-refractivity contribution in [2.45, 2.75) is 45.7 Å². The number of hydrogen-bond acceptors (Lipinski definition) is 5. The van der Waals surface area contributed by atoms with Crippen LogP contribution < -0.4 is 11.1 Å². The van der Waals surface area contributed by atoms with Gasteiger partial charge in [-0.15, -0.1) is 10.2 Å². The lowest BCUT2D eigenvalue weighted by Crippen LogP contribution is -2.29. The predicted molar refractivity (Wildman–Crippen MR) is 62.7 cm³/mol. The molecule has 0 aliphatic heterocycles. The van der Waals surface area contributed by atoms with Crippen molar-refractivity contribution in [3.8, 4) is 0 Å². The molecule has 0 fully saturated rings. The lowest BCUT2D eigenvalue weighted by atomic mass is 10.0. The number of nitrogens with one attached hydrogen (secondary N) is 2. The van der Waals surface area contributed by atoms with Gasteiger partial charge < -0.3 is 11.1 Å². The number of aromatic amines is 1. The highest BCUT2D eigenvalue weighted by molar-refractivity contribution is 5.78. The summed E-state index contributed by atoms with van der Waals surface area (Å²) in [5.41, 5.74) is 5.65. The van der Waals surface area contributed by atoms with Gasteiger partial charge in [-0.2, -0.15) is 5.21 Å². The minimum atomic E-state index is -0.0133. The third-order valence-electron chi connectivity index (χ3n) is 2.55. The monoisotopic (exact) mass is 240 g/mol. The van der Waals surface area contributed by atoms with Crippen LogP contribution >= 0.6 is 0 Å². The van der Waals surface area contributed by atoms with Gasteiger partial charge >= 0.3 is 0 Å². The number of H-pyrrole nitrogens is 1. The number of carbonyl (C=O) groups is 1. The van der Waals surface area contributed by atoms with Crippen molar-refractivity contribution >= 4 is 5.91 Å². The molecule has 2 atom stereocenters. The van der Waals surface area contributed by atoms with E-state index in [1.54, 1.807) is 0 Å². The number of nitrogens with zero attached hydrogens (tertiary/aromatic N) is 3. The van der Waals surface area contributed by atoms with Gasteiger partial charge in [0.15, 0.2) is 5.82 Å². The van der Waals surface area contributed by atoms with Crippen molar-refractivity contribution in [3.63, 3.8) is 0 Å². The number of rotatable bonds is 7. The maximum Gasteiger partial charge on any atom is 0.223 e. The maximum absolute atomic E-state index is 11.7. The summed E-state index contributed by atoms with van der Waals surface area (Å²) in [6.45, 7) is 4.20. The minimum Gasteiger partial charge on any atom is -0.348 e. The van der Waals surface area contributed by atoms with Crippen LogP contribution in [0.15, 0.2) is 0 Å². The molecule has 2 unspecified atom stereocenters. The summed E-state index contributed by atoms with van der Waals surface area (Å²) in [6.07, 6.45) is 2.76. The van der Waals surface area contributed by atoms with Crippen LogP contribution in [0.5, 0.6) is 0 Å². The molecule has 0 radical (unpaired) electrons. The zero-order chi connectivity index (χ0) is 12.7. The van der Waals surface area contributed by atoms with E-state index in [1.807, 2.05) is 13.8 Å². The SMILES string of the molecule is CC(N)CCCC(C)C(=O)NCc1nn[nH]n1. The van der Waals surface area contributed by atoms with Gasteiger partial charge in [0.1, 0.15) is 0 Å². The van der Waals surface area contributed by atoms with Gasteiger partial charge in [-0.3, -0.25) is 4.79 Å². The maximum atomic E-state index is 11.7. The van der Waals surface area contributed by atoms with Crippen molar-refractivity contribution < 1.29 is 4.79 Å². The van der Waals surface area contributed by atoms with Gasteiger partial charge in [-0.1, -0.05) is 18.6 Å². The Morgan fingerprint density at radius 3 is 2.82 bits per heavy atom. The molecule has 1 rings (SSSR count). The molecular weight excluding hydrogens is 220 g/mol. The van der Waals surface area contributed by atoms with E-state index in [2.05, 4.69) is 25.9 Å². The highest BCUT2D eigenvalue weighted by atomic mass is 16.1. The summed E-state index contributed by atoms with van der Waals surface area (Å²) >= 11 is 0. The number of carbonyl (C=O) groups excluding carboxylic acids is 1. The topological polar surface area (TPSA) is 110 Å². The highest BCUT2D eigenvalue weighted by Crippen LogP contribution is 2.09. The van der Waals surface area contributed by atoms with Crippen molar-refractivity contribution in [1.82, 2.24) is 25.9 Å². The molecular formula is C10H20N6O. The first-order valence-corrected chi connectivity index (χ1v) is 5.85. The predicted octanol–water partition coefficient (Wildman–Crippen LogP) is -0.0305. The van der Waals surface area contributed by atoms with Crippen molar-refractivity contribution in [2.24, 2.45) is 11.7 Å². The molecule has 0 saturated carbocycles. The zero-order valence-electron chi connectivity index (χ0n) is 10.3. The van der Waals surface area contributed by atoms with E-state index >= 15 is 0 Å². The molecule has 4 N–H and O–H groups in total. The van der Waals surface area contributed by atoms with Crippen LogP contribution in [0.3, 0.4) is 0 Å². The average molecular weight is 240 g/mol. The van der Waals surface area contributed by atoms with Crippen LogP contribution in [-0.4, -0.2) is 32.6 Å². The number of amides is 1. The smallest absolute Gasteiger partial charge is 0.223 e. The fraction of sp³-hybridized carbons (Fsp3) is 0.800. The Balaban J connectivity index is 2.18. The fourth-order valence-electron chi connectivity index (χ4n) is 1.47. The molecule has 96 valence electrons. The van der Waals surface area contributed by atoms with E-state index in [0.717, 1.165) is 19.3 Å². The van der Waals surface area contributed by atoms with Gasteiger partial charge in [-0.05, 0) is 19.8 Å². The van der Waals surface area contributed by atoms with Crippen LogP contribution in [0.2, 0.25) is 0 Å². The van der Waals surface area contributed by atoms with Crippen molar-refractivity contribution in [3.05, 3.63) is 5.82 Å². The normalized spacial score (nSPS) is 14.3. The van der Waals surface area contributed by atoms with E-state index in [-0.39, 0.29) is 17.9 Å². The molecule has 0 spiro atoms. The van der Waals surface area contributed by atoms with Gasteiger partial charge in [0.2, 0.25) is 5.91 Å². The third-order valence-corrected chi connectivity index (χ3v) is 2.55. The van der Waals surface area contributed by atoms with Gasteiger partial charge in [0.05, 0.1) is 6.54 Å². The Kier molecular flexibility index (Phi) is 5.55. The molecule has 0 aromatic carbocycles. The first-order valence-electron chi connectivity index (χ1n) is 5.85. The summed E-state index contributed by atoms with van der Waals surface area (Å²) in [6, 6.07) is 0.199. The molecule has 7 heteroatoms. The lowest BCUT2D eigenvalue weighted by Gasteiger charge is -2.11. The van der Waals surface area contributed by atoms with Crippen LogP contribution in [-0.2, 0) is 11.3 Å². The Morgan fingerprint density at radius 2 is 2.24 bits per heavy atom. The molecule has 1 amide bonds. The Labute approximate surface area is 101 Å². The lowest BCUT2D eigenvalue weighted by molar-refractivity contribution is -0.124. The highest BCUT2D eigenvalue weighted by Gasteiger charge is 2.13. The van der Waals surface area contributed by atoms with Gasteiger partial charge in [-0.25, -0.2) is 0 Å². The number of aromatic nitrogens is 4. The summed E-state index contributed by atoms with van der Waals surface area (Å²) < 4.78 is 0. The van der Waals surface area contributed by atoms with Crippen LogP contribution in [0.4, 0.5) is 0 Å². The molecule has 7 nitrogen and oxygen atoms in total. The zero-order valence-corrected chi connectivity index (χ0v) is 10.3. The van der Waals surface area contributed by atoms with E-state index in [9.17, 15) is 4.79 Å². The van der Waals surface area contributed by atoms with E-state index in [4.69, 9.17) is 5.73 Å². The second-order valence-corrected chi connectivity index (χ2v) is 4.36. The third kappa shape index (κ3) is 5.39. The van der Waals surface area contributed by atoms with Crippen LogP contribution in [0, 0.1) is 5.92 Å². The summed E-state index contributed by atoms with van der Waals surface area (Å²) in [7, 11) is 0. The Morgan fingerprint density at radius 1 is 1.47 bits per heavy atom. The quantitative estimate of drug-likeness (QED) is 0.620. The average Bonchev–Trinajstić information content (AvgIpc) is 2.78. The second-order valence-electron chi connectivity index (χ2n) is 4.36. The molecule has 1 heterocycles. The summed E-state index contributed by atoms with van der Waals surface area (Å²) in [5, 5.41) is 16.0. The minimum absolute atomic E-state index is 0.0133. The van der Waals surface area contributed by atoms with Crippen molar-refractivity contribution in [2.75, 3.05) is 0 Å². The van der Waals surface area contributed by atoms with E-state index < -0.39 is 0 Å². The first kappa shape index (κ1) is 13.6. The molecule has 0 aliphatic carbocycles. The van der Waals surface area contributed by atoms with Crippen LogP contribution in [0.1, 0.15) is 38.9 Å². The van der Waals surface area contributed by atoms with Gasteiger partial charge in [0, 0.05) is 12.0 Å². The Bertz CT molecular complexity index is 324. The summed E-state index contributed by atoms with van der Waals surface area (Å²) in [5.74, 6) is 0.487. The van der Waals surface area contributed by atoms with Gasteiger partial charge in [0.25, 0.3) is 0 Å². The molecule has 0 aliphatic rings. The second kappa shape index (κ2) is 6.95.